The van der Waals surface area contributed by atoms with Crippen LogP contribution in [0.5, 0.6) is 5.75 Å². The van der Waals surface area contributed by atoms with Crippen LogP contribution in [0.15, 0.2) is 18.2 Å². The second kappa shape index (κ2) is 7.13. The van der Waals surface area contributed by atoms with E-state index in [0.717, 1.165) is 31.8 Å². The van der Waals surface area contributed by atoms with E-state index in [0.29, 0.717) is 12.0 Å². The zero-order valence-corrected chi connectivity index (χ0v) is 12.9. The first-order chi connectivity index (χ1) is 8.60. The predicted octanol–water partition coefficient (Wildman–Crippen LogP) is 2.59. The van der Waals surface area contributed by atoms with Crippen molar-refractivity contribution in [1.29, 1.82) is 0 Å². The number of likely N-dealkylation sites (tertiary alicyclic amines) is 1. The van der Waals surface area contributed by atoms with E-state index < -0.39 is 0 Å². The molecule has 1 aromatic carbocycles. The van der Waals surface area contributed by atoms with Gasteiger partial charge in [-0.2, -0.15) is 0 Å². The number of hydrogen-bond acceptors (Lipinski definition) is 3. The summed E-state index contributed by atoms with van der Waals surface area (Å²) in [6.07, 6.45) is 1.10. The molecule has 2 unspecified atom stereocenters. The zero-order chi connectivity index (χ0) is 13.1. The van der Waals surface area contributed by atoms with E-state index in [9.17, 15) is 0 Å². The van der Waals surface area contributed by atoms with Gasteiger partial charge in [0.25, 0.3) is 0 Å². The van der Waals surface area contributed by atoms with Gasteiger partial charge in [-0.25, -0.2) is 0 Å². The Morgan fingerprint density at radius 1 is 1.42 bits per heavy atom. The smallest absolute Gasteiger partial charge is 0.122 e. The largest absolute Gasteiger partial charge is 0.496 e. The number of ether oxygens (including phenoxy) is 1. The van der Waals surface area contributed by atoms with Crippen molar-refractivity contribution >= 4 is 12.4 Å². The topological polar surface area (TPSA) is 38.5 Å². The maximum absolute atomic E-state index is 6.05. The van der Waals surface area contributed by atoms with E-state index in [4.69, 9.17) is 10.5 Å². The van der Waals surface area contributed by atoms with Crippen molar-refractivity contribution in [3.8, 4) is 5.75 Å². The summed E-state index contributed by atoms with van der Waals surface area (Å²) in [6.45, 7) is 7.50. The highest BCUT2D eigenvalue weighted by Crippen LogP contribution is 2.22. The third-order valence-electron chi connectivity index (χ3n) is 3.93. The van der Waals surface area contributed by atoms with Gasteiger partial charge in [0, 0.05) is 19.1 Å². The first kappa shape index (κ1) is 16.3. The van der Waals surface area contributed by atoms with Crippen molar-refractivity contribution in [2.45, 2.75) is 32.9 Å². The van der Waals surface area contributed by atoms with Gasteiger partial charge < -0.3 is 10.5 Å². The summed E-state index contributed by atoms with van der Waals surface area (Å²) in [5.74, 6) is 1.57. The van der Waals surface area contributed by atoms with Gasteiger partial charge in [0.1, 0.15) is 5.75 Å². The lowest BCUT2D eigenvalue weighted by Crippen LogP contribution is -2.45. The van der Waals surface area contributed by atoms with Gasteiger partial charge >= 0.3 is 0 Å². The van der Waals surface area contributed by atoms with E-state index in [1.54, 1.807) is 7.11 Å². The summed E-state index contributed by atoms with van der Waals surface area (Å²) in [6, 6.07) is 6.84. The third-order valence-corrected chi connectivity index (χ3v) is 3.93. The zero-order valence-electron chi connectivity index (χ0n) is 12.1. The molecule has 0 amide bonds. The van der Waals surface area contributed by atoms with Crippen molar-refractivity contribution in [2.75, 3.05) is 20.2 Å². The molecule has 2 atom stereocenters. The average Bonchev–Trinajstić information content (AvgIpc) is 2.36. The molecule has 1 aliphatic heterocycles. The van der Waals surface area contributed by atoms with Gasteiger partial charge in [-0.3, -0.25) is 4.90 Å². The molecule has 0 spiro atoms. The third kappa shape index (κ3) is 4.10. The van der Waals surface area contributed by atoms with Crippen LogP contribution in [0.4, 0.5) is 0 Å². The van der Waals surface area contributed by atoms with Gasteiger partial charge in [0.15, 0.2) is 0 Å². The Hall–Kier alpha value is -0.770. The number of aryl methyl sites for hydroxylation is 1. The molecule has 108 valence electrons. The Labute approximate surface area is 122 Å². The first-order valence-corrected chi connectivity index (χ1v) is 6.71. The maximum atomic E-state index is 6.05. The van der Waals surface area contributed by atoms with Gasteiger partial charge in [-0.05, 0) is 43.0 Å². The fourth-order valence-corrected chi connectivity index (χ4v) is 2.61. The monoisotopic (exact) mass is 284 g/mol. The highest BCUT2D eigenvalue weighted by atomic mass is 35.5. The summed E-state index contributed by atoms with van der Waals surface area (Å²) in [4.78, 5) is 2.48. The lowest BCUT2D eigenvalue weighted by atomic mass is 9.94. The molecule has 3 nitrogen and oxygen atoms in total. The maximum Gasteiger partial charge on any atom is 0.122 e. The van der Waals surface area contributed by atoms with Crippen molar-refractivity contribution in [3.05, 3.63) is 29.3 Å². The molecular formula is C15H25ClN2O. The van der Waals surface area contributed by atoms with E-state index >= 15 is 0 Å². The number of halogens is 1. The van der Waals surface area contributed by atoms with E-state index in [1.165, 1.54) is 11.1 Å². The van der Waals surface area contributed by atoms with Crippen LogP contribution in [0, 0.1) is 12.8 Å². The summed E-state index contributed by atoms with van der Waals surface area (Å²) < 4.78 is 5.37. The molecule has 1 aromatic rings. The Morgan fingerprint density at radius 2 is 2.16 bits per heavy atom. The molecule has 0 aliphatic carbocycles. The van der Waals surface area contributed by atoms with Gasteiger partial charge in [0.2, 0.25) is 0 Å². The molecule has 4 heteroatoms. The van der Waals surface area contributed by atoms with E-state index in [2.05, 4.69) is 36.9 Å². The minimum absolute atomic E-state index is 0. The molecule has 0 saturated carbocycles. The Bertz CT molecular complexity index is 411. The number of nitrogens with zero attached hydrogens (tertiary/aromatic N) is 1. The lowest BCUT2D eigenvalue weighted by Gasteiger charge is -2.35. The van der Waals surface area contributed by atoms with Crippen LogP contribution in [-0.4, -0.2) is 31.1 Å². The molecular weight excluding hydrogens is 260 g/mol. The van der Waals surface area contributed by atoms with Crippen LogP contribution < -0.4 is 10.5 Å². The minimum atomic E-state index is 0. The molecule has 1 fully saturated rings. The Kier molecular flexibility index (Phi) is 6.11. The molecule has 1 aliphatic rings. The molecule has 1 saturated heterocycles. The fraction of sp³-hybridized carbons (Fsp3) is 0.600. The molecule has 2 N–H and O–H groups in total. The quantitative estimate of drug-likeness (QED) is 0.927. The number of methoxy groups -OCH3 is 1. The molecule has 19 heavy (non-hydrogen) atoms. The van der Waals surface area contributed by atoms with E-state index in [1.807, 2.05) is 0 Å². The average molecular weight is 285 g/mol. The van der Waals surface area contributed by atoms with Gasteiger partial charge in [-0.15, -0.1) is 12.4 Å². The Morgan fingerprint density at radius 3 is 2.79 bits per heavy atom. The van der Waals surface area contributed by atoms with E-state index in [-0.39, 0.29) is 12.4 Å². The highest BCUT2D eigenvalue weighted by molar-refractivity contribution is 5.85. The first-order valence-electron chi connectivity index (χ1n) is 6.71. The second-order valence-corrected chi connectivity index (χ2v) is 5.47. The Balaban J connectivity index is 0.00000180. The fourth-order valence-electron chi connectivity index (χ4n) is 2.61. The molecule has 0 radical (unpaired) electrons. The van der Waals surface area contributed by atoms with Crippen molar-refractivity contribution in [2.24, 2.45) is 11.7 Å². The summed E-state index contributed by atoms with van der Waals surface area (Å²) in [5.41, 5.74) is 8.56. The number of piperidine rings is 1. The molecule has 1 heterocycles. The lowest BCUT2D eigenvalue weighted by molar-refractivity contribution is 0.157. The second-order valence-electron chi connectivity index (χ2n) is 5.47. The molecule has 2 rings (SSSR count). The predicted molar refractivity (Wildman–Crippen MR) is 82.0 cm³/mol. The van der Waals surface area contributed by atoms with Crippen molar-refractivity contribution in [1.82, 2.24) is 4.90 Å². The summed E-state index contributed by atoms with van der Waals surface area (Å²) in [5, 5.41) is 0. The number of nitrogens with two attached hydrogens (primary N) is 1. The number of hydrogen-bond donors (Lipinski definition) is 1. The van der Waals surface area contributed by atoms with Crippen LogP contribution in [-0.2, 0) is 6.54 Å². The summed E-state index contributed by atoms with van der Waals surface area (Å²) >= 11 is 0. The minimum Gasteiger partial charge on any atom is -0.496 e. The van der Waals surface area contributed by atoms with Gasteiger partial charge in [0.05, 0.1) is 7.11 Å². The molecule has 0 aromatic heterocycles. The normalized spacial score (nSPS) is 23.8. The SMILES string of the molecule is COc1cc(CN2CCC(N)C(C)C2)ccc1C.Cl. The molecule has 0 bridgehead atoms. The van der Waals surface area contributed by atoms with Gasteiger partial charge in [-0.1, -0.05) is 19.1 Å². The highest BCUT2D eigenvalue weighted by Gasteiger charge is 2.22. The van der Waals surface area contributed by atoms with Crippen molar-refractivity contribution < 1.29 is 4.74 Å². The summed E-state index contributed by atoms with van der Waals surface area (Å²) in [7, 11) is 1.73. The van der Waals surface area contributed by atoms with Crippen molar-refractivity contribution in [3.63, 3.8) is 0 Å². The number of benzene rings is 1. The number of rotatable bonds is 3. The van der Waals surface area contributed by atoms with Crippen LogP contribution >= 0.6 is 12.4 Å². The van der Waals surface area contributed by atoms with Crippen LogP contribution in [0.25, 0.3) is 0 Å². The van der Waals surface area contributed by atoms with Crippen LogP contribution in [0.2, 0.25) is 0 Å². The standard InChI is InChI=1S/C15H24N2O.ClH/c1-11-4-5-13(8-15(11)18-3)10-17-7-6-14(16)12(2)9-17;/h4-5,8,12,14H,6-7,9-10,16H2,1-3H3;1H. The van der Waals surface area contributed by atoms with Crippen LogP contribution in [0.3, 0.4) is 0 Å². The van der Waals surface area contributed by atoms with Crippen LogP contribution in [0.1, 0.15) is 24.5 Å².